The lowest BCUT2D eigenvalue weighted by atomic mass is 10.2. The Morgan fingerprint density at radius 3 is 1.90 bits per heavy atom. The molecule has 0 saturated heterocycles. The van der Waals surface area contributed by atoms with Gasteiger partial charge in [-0.25, -0.2) is 8.78 Å². The van der Waals surface area contributed by atoms with Crippen LogP contribution in [-0.2, 0) is 9.59 Å². The highest BCUT2D eigenvalue weighted by atomic mass is 35.5. The van der Waals surface area contributed by atoms with Crippen LogP contribution in [0.25, 0.3) is 12.2 Å². The maximum absolute atomic E-state index is 13.7. The van der Waals surface area contributed by atoms with Crippen LogP contribution < -0.4 is 10.6 Å². The summed E-state index contributed by atoms with van der Waals surface area (Å²) in [5.74, 6) is -2.02. The summed E-state index contributed by atoms with van der Waals surface area (Å²) in [7, 11) is 0. The molecule has 2 amide bonds. The predicted octanol–water partition coefficient (Wildman–Crippen LogP) is 4.62. The molecule has 0 aromatic heterocycles. The molecule has 0 radical (unpaired) electrons. The molecule has 0 fully saturated rings. The molecule has 4 nitrogen and oxygen atoms in total. The van der Waals surface area contributed by atoms with Gasteiger partial charge in [0.15, 0.2) is 0 Å². The minimum atomic E-state index is -0.538. The second-order valence-electron chi connectivity index (χ2n) is 6.09. The van der Waals surface area contributed by atoms with Crippen molar-refractivity contribution in [1.29, 1.82) is 0 Å². The van der Waals surface area contributed by atoms with Crippen LogP contribution in [0.4, 0.5) is 8.78 Å². The molecule has 152 valence electrons. The molecule has 2 rings (SSSR count). The van der Waals surface area contributed by atoms with Crippen molar-refractivity contribution in [3.05, 3.63) is 81.4 Å². The SMILES string of the molecule is CC(CNC(=O)C=Cc1c(F)cccc1Cl)NC(=O)C=Cc1c(F)cccc1Cl. The summed E-state index contributed by atoms with van der Waals surface area (Å²) in [6, 6.07) is 8.04. The van der Waals surface area contributed by atoms with E-state index in [0.29, 0.717) is 0 Å². The average Bonchev–Trinajstić information content (AvgIpc) is 2.65. The number of halogens is 4. The van der Waals surface area contributed by atoms with Gasteiger partial charge in [-0.2, -0.15) is 0 Å². The third kappa shape index (κ3) is 7.00. The van der Waals surface area contributed by atoms with Crippen molar-refractivity contribution in [3.63, 3.8) is 0 Å². The van der Waals surface area contributed by atoms with Gasteiger partial charge in [-0.1, -0.05) is 35.3 Å². The lowest BCUT2D eigenvalue weighted by molar-refractivity contribution is -0.118. The maximum atomic E-state index is 13.7. The van der Waals surface area contributed by atoms with Crippen LogP contribution in [0, 0.1) is 11.6 Å². The van der Waals surface area contributed by atoms with E-state index in [9.17, 15) is 18.4 Å². The van der Waals surface area contributed by atoms with E-state index in [1.807, 2.05) is 0 Å². The molecule has 0 aliphatic heterocycles. The zero-order chi connectivity index (χ0) is 21.4. The average molecular weight is 439 g/mol. The third-order valence-electron chi connectivity index (χ3n) is 3.77. The summed E-state index contributed by atoms with van der Waals surface area (Å²) in [4.78, 5) is 23.8. The van der Waals surface area contributed by atoms with E-state index in [0.717, 1.165) is 12.2 Å². The smallest absolute Gasteiger partial charge is 0.244 e. The Balaban J connectivity index is 1.84. The van der Waals surface area contributed by atoms with Crippen LogP contribution in [0.5, 0.6) is 0 Å². The largest absolute Gasteiger partial charge is 0.351 e. The molecule has 0 spiro atoms. The molecule has 0 bridgehead atoms. The first-order valence-corrected chi connectivity index (χ1v) is 9.36. The number of hydrogen-bond donors (Lipinski definition) is 2. The van der Waals surface area contributed by atoms with Crippen molar-refractivity contribution >= 4 is 47.2 Å². The van der Waals surface area contributed by atoms with Gasteiger partial charge in [0.25, 0.3) is 0 Å². The van der Waals surface area contributed by atoms with E-state index >= 15 is 0 Å². The summed E-state index contributed by atoms with van der Waals surface area (Å²) < 4.78 is 27.3. The van der Waals surface area contributed by atoms with Crippen LogP contribution >= 0.6 is 23.2 Å². The quantitative estimate of drug-likeness (QED) is 0.619. The van der Waals surface area contributed by atoms with E-state index in [2.05, 4.69) is 10.6 Å². The summed E-state index contributed by atoms with van der Waals surface area (Å²) in [5, 5.41) is 5.59. The molecule has 2 aromatic carbocycles. The van der Waals surface area contributed by atoms with Gasteiger partial charge in [0.05, 0.1) is 10.0 Å². The standard InChI is InChI=1S/C21H18Cl2F2N2O2/c1-13(27-21(29)11-9-15-17(23)5-3-7-19(15)25)12-26-20(28)10-8-14-16(22)4-2-6-18(14)24/h2-11,13H,12H2,1H3,(H,26,28)(H,27,29). The van der Waals surface area contributed by atoms with Gasteiger partial charge < -0.3 is 10.6 Å². The van der Waals surface area contributed by atoms with E-state index in [-0.39, 0.29) is 27.7 Å². The summed E-state index contributed by atoms with van der Waals surface area (Å²) in [5.41, 5.74) is 0.227. The zero-order valence-electron chi connectivity index (χ0n) is 15.4. The normalized spacial score (nSPS) is 12.3. The van der Waals surface area contributed by atoms with E-state index in [1.165, 1.54) is 48.6 Å². The Morgan fingerprint density at radius 1 is 0.931 bits per heavy atom. The molecule has 1 atom stereocenters. The lowest BCUT2D eigenvalue weighted by Crippen LogP contribution is -2.40. The van der Waals surface area contributed by atoms with Crippen molar-refractivity contribution < 1.29 is 18.4 Å². The second kappa shape index (κ2) is 10.7. The minimum absolute atomic E-state index is 0.113. The first-order chi connectivity index (χ1) is 13.8. The topological polar surface area (TPSA) is 58.2 Å². The molecular weight excluding hydrogens is 421 g/mol. The monoisotopic (exact) mass is 438 g/mol. The van der Waals surface area contributed by atoms with Gasteiger partial charge in [0.2, 0.25) is 11.8 Å². The van der Waals surface area contributed by atoms with Crippen LogP contribution in [0.1, 0.15) is 18.1 Å². The number of carbonyl (C=O) groups excluding carboxylic acids is 2. The predicted molar refractivity (Wildman–Crippen MR) is 112 cm³/mol. The molecule has 0 heterocycles. The number of nitrogens with one attached hydrogen (secondary N) is 2. The van der Waals surface area contributed by atoms with Gasteiger partial charge in [0, 0.05) is 35.9 Å². The van der Waals surface area contributed by atoms with Crippen molar-refractivity contribution in [2.24, 2.45) is 0 Å². The Labute approximate surface area is 177 Å². The minimum Gasteiger partial charge on any atom is -0.351 e. The highest BCUT2D eigenvalue weighted by Crippen LogP contribution is 2.21. The van der Waals surface area contributed by atoms with E-state index in [1.54, 1.807) is 6.92 Å². The molecule has 8 heteroatoms. The molecule has 2 N–H and O–H groups in total. The van der Waals surface area contributed by atoms with E-state index < -0.39 is 29.5 Å². The molecule has 0 aliphatic carbocycles. The van der Waals surface area contributed by atoms with Crippen LogP contribution in [0.2, 0.25) is 10.0 Å². The summed E-state index contributed by atoms with van der Waals surface area (Å²) in [6.45, 7) is 1.81. The van der Waals surface area contributed by atoms with Gasteiger partial charge in [-0.05, 0) is 43.3 Å². The number of amides is 2. The molecule has 1 unspecified atom stereocenters. The summed E-state index contributed by atoms with van der Waals surface area (Å²) in [6.07, 6.45) is 4.86. The number of carbonyl (C=O) groups is 2. The van der Waals surface area contributed by atoms with Crippen LogP contribution in [0.3, 0.4) is 0 Å². The number of benzene rings is 2. The third-order valence-corrected chi connectivity index (χ3v) is 4.43. The Bertz CT molecular complexity index is 921. The fourth-order valence-corrected chi connectivity index (χ4v) is 2.76. The van der Waals surface area contributed by atoms with Gasteiger partial charge in [-0.15, -0.1) is 0 Å². The highest BCUT2D eigenvalue weighted by Gasteiger charge is 2.08. The molecular formula is C21H18Cl2F2N2O2. The maximum Gasteiger partial charge on any atom is 0.244 e. The second-order valence-corrected chi connectivity index (χ2v) is 6.91. The Hall–Kier alpha value is -2.70. The summed E-state index contributed by atoms with van der Waals surface area (Å²) >= 11 is 11.8. The van der Waals surface area contributed by atoms with Crippen molar-refractivity contribution in [1.82, 2.24) is 10.6 Å². The molecule has 29 heavy (non-hydrogen) atoms. The fourth-order valence-electron chi connectivity index (χ4n) is 2.31. The highest BCUT2D eigenvalue weighted by molar-refractivity contribution is 6.32. The van der Waals surface area contributed by atoms with Crippen LogP contribution in [0.15, 0.2) is 48.6 Å². The lowest BCUT2D eigenvalue weighted by Gasteiger charge is -2.12. The van der Waals surface area contributed by atoms with Crippen molar-refractivity contribution in [3.8, 4) is 0 Å². The van der Waals surface area contributed by atoms with E-state index in [4.69, 9.17) is 23.2 Å². The Morgan fingerprint density at radius 2 is 1.41 bits per heavy atom. The molecule has 0 aliphatic rings. The van der Waals surface area contributed by atoms with Crippen molar-refractivity contribution in [2.75, 3.05) is 6.54 Å². The first kappa shape index (κ1) is 22.6. The fraction of sp³-hybridized carbons (Fsp3) is 0.143. The molecule has 2 aromatic rings. The van der Waals surface area contributed by atoms with Gasteiger partial charge in [0.1, 0.15) is 11.6 Å². The van der Waals surface area contributed by atoms with Gasteiger partial charge >= 0.3 is 0 Å². The first-order valence-electron chi connectivity index (χ1n) is 8.60. The number of hydrogen-bond acceptors (Lipinski definition) is 2. The van der Waals surface area contributed by atoms with Gasteiger partial charge in [-0.3, -0.25) is 9.59 Å². The van der Waals surface area contributed by atoms with Crippen LogP contribution in [-0.4, -0.2) is 24.4 Å². The number of rotatable bonds is 7. The Kier molecular flexibility index (Phi) is 8.36. The molecule has 0 saturated carbocycles. The zero-order valence-corrected chi connectivity index (χ0v) is 16.9. The van der Waals surface area contributed by atoms with Crippen molar-refractivity contribution in [2.45, 2.75) is 13.0 Å².